The molecule has 0 saturated heterocycles. The summed E-state index contributed by atoms with van der Waals surface area (Å²) in [6.45, 7) is 5.21. The number of likely N-dealkylation sites (N-methyl/N-ethyl adjacent to an activating group) is 1. The van der Waals surface area contributed by atoms with Crippen molar-refractivity contribution in [3.8, 4) is 0 Å². The van der Waals surface area contributed by atoms with Gasteiger partial charge in [-0.3, -0.25) is 9.36 Å². The molecule has 0 aromatic rings. The fourth-order valence-corrected chi connectivity index (χ4v) is 7.72. The van der Waals surface area contributed by atoms with E-state index < -0.39 is 13.9 Å². The first-order valence-electron chi connectivity index (χ1n) is 27.0. The summed E-state index contributed by atoms with van der Waals surface area (Å²) in [5.41, 5.74) is 0. The van der Waals surface area contributed by atoms with Gasteiger partial charge in [0.05, 0.1) is 34.4 Å². The lowest BCUT2D eigenvalue weighted by Crippen LogP contribution is -2.37. The van der Waals surface area contributed by atoms with Crippen molar-refractivity contribution in [2.75, 3.05) is 54.1 Å². The van der Waals surface area contributed by atoms with Crippen LogP contribution in [0.15, 0.2) is 97.2 Å². The van der Waals surface area contributed by atoms with Crippen molar-refractivity contribution in [1.29, 1.82) is 0 Å². The number of carbonyl (C=O) groups is 1. The third kappa shape index (κ3) is 54.2. The first kappa shape index (κ1) is 64.4. The summed E-state index contributed by atoms with van der Waals surface area (Å²) in [5, 5.41) is 0. The zero-order valence-corrected chi connectivity index (χ0v) is 44.7. The molecule has 0 saturated carbocycles. The zero-order valence-electron chi connectivity index (χ0n) is 43.8. The van der Waals surface area contributed by atoms with Crippen LogP contribution in [-0.4, -0.2) is 70.7 Å². The highest BCUT2D eigenvalue weighted by atomic mass is 31.2. The van der Waals surface area contributed by atoms with E-state index in [1.165, 1.54) is 89.9 Å². The molecule has 0 aromatic heterocycles. The minimum Gasteiger partial charge on any atom is -0.756 e. The Hall–Kier alpha value is -2.58. The highest BCUT2D eigenvalue weighted by molar-refractivity contribution is 7.45. The Kier molecular flexibility index (Phi) is 47.9. The molecule has 386 valence electrons. The summed E-state index contributed by atoms with van der Waals surface area (Å²) >= 11 is 0. The molecule has 0 aliphatic carbocycles. The summed E-state index contributed by atoms with van der Waals surface area (Å²) in [6.07, 6.45) is 68.7. The molecule has 0 heterocycles. The summed E-state index contributed by atoms with van der Waals surface area (Å²) < 4.78 is 34.7. The average Bonchev–Trinajstić information content (AvgIpc) is 3.29. The van der Waals surface area contributed by atoms with Gasteiger partial charge in [0.25, 0.3) is 7.82 Å². The van der Waals surface area contributed by atoms with Crippen molar-refractivity contribution in [3.05, 3.63) is 97.2 Å². The summed E-state index contributed by atoms with van der Waals surface area (Å²) in [5.74, 6) is -0.350. The number of nitrogens with zero attached hydrogens (tertiary/aromatic N) is 1. The Balaban J connectivity index is 4.19. The molecule has 0 aliphatic rings. The lowest BCUT2D eigenvalue weighted by Gasteiger charge is -2.28. The molecule has 9 heteroatoms. The fraction of sp³-hybridized carbons (Fsp3) is 0.707. The number of hydrogen-bond donors (Lipinski definition) is 0. The molecule has 0 spiro atoms. The predicted molar refractivity (Wildman–Crippen MR) is 286 cm³/mol. The third-order valence-electron chi connectivity index (χ3n) is 11.1. The Bertz CT molecular complexity index is 1390. The molecule has 0 fully saturated rings. The Morgan fingerprint density at radius 2 is 0.866 bits per heavy atom. The predicted octanol–water partition coefficient (Wildman–Crippen LogP) is 16.3. The van der Waals surface area contributed by atoms with E-state index in [1.54, 1.807) is 0 Å². The molecule has 8 nitrogen and oxygen atoms in total. The van der Waals surface area contributed by atoms with Crippen molar-refractivity contribution in [1.82, 2.24) is 0 Å². The van der Waals surface area contributed by atoms with Crippen molar-refractivity contribution < 1.29 is 37.3 Å². The SMILES string of the molecule is CC/C=C\C/C=C\C/C=C\C/C=C\C/C=C\CCCCCCOCC(COP(=O)([O-])OCC[N+](C)(C)C)OC(=O)CCCCCCCCCCCC/C=C\C/C=C\C/C=C\CCCCCCC. The van der Waals surface area contributed by atoms with Gasteiger partial charge in [-0.05, 0) is 96.3 Å². The van der Waals surface area contributed by atoms with Gasteiger partial charge in [0, 0.05) is 13.0 Å². The number of carbonyl (C=O) groups excluding carboxylic acids is 1. The minimum absolute atomic E-state index is 0.0146. The Morgan fingerprint density at radius 3 is 1.30 bits per heavy atom. The molecule has 0 rings (SSSR count). The minimum atomic E-state index is -4.55. The van der Waals surface area contributed by atoms with Gasteiger partial charge in [-0.1, -0.05) is 201 Å². The lowest BCUT2D eigenvalue weighted by molar-refractivity contribution is -0.870. The molecule has 67 heavy (non-hydrogen) atoms. The number of phosphoric ester groups is 1. The highest BCUT2D eigenvalue weighted by Gasteiger charge is 2.20. The molecular weight excluding hydrogens is 854 g/mol. The molecule has 0 aromatic carbocycles. The number of phosphoric acid groups is 1. The number of unbranched alkanes of at least 4 members (excludes halogenated alkanes) is 19. The van der Waals surface area contributed by atoms with Crippen molar-refractivity contribution in [3.63, 3.8) is 0 Å². The number of esters is 1. The van der Waals surface area contributed by atoms with Crippen LogP contribution in [-0.2, 0) is 27.9 Å². The van der Waals surface area contributed by atoms with Crippen LogP contribution in [0.3, 0.4) is 0 Å². The monoisotopic (exact) mass is 956 g/mol. The van der Waals surface area contributed by atoms with Gasteiger partial charge >= 0.3 is 5.97 Å². The van der Waals surface area contributed by atoms with Gasteiger partial charge in [0.15, 0.2) is 0 Å². The van der Waals surface area contributed by atoms with E-state index in [4.69, 9.17) is 18.5 Å². The maximum absolute atomic E-state index is 12.8. The maximum Gasteiger partial charge on any atom is 0.306 e. The van der Waals surface area contributed by atoms with Gasteiger partial charge in [-0.2, -0.15) is 0 Å². The van der Waals surface area contributed by atoms with Crippen molar-refractivity contribution >= 4 is 13.8 Å². The zero-order chi connectivity index (χ0) is 49.0. The van der Waals surface area contributed by atoms with E-state index in [0.717, 1.165) is 96.3 Å². The van der Waals surface area contributed by atoms with Crippen LogP contribution < -0.4 is 4.89 Å². The van der Waals surface area contributed by atoms with E-state index in [-0.39, 0.29) is 25.8 Å². The van der Waals surface area contributed by atoms with Gasteiger partial charge in [0.2, 0.25) is 0 Å². The quantitative estimate of drug-likeness (QED) is 0.0197. The van der Waals surface area contributed by atoms with Crippen LogP contribution in [0.5, 0.6) is 0 Å². The third-order valence-corrected chi connectivity index (χ3v) is 12.1. The lowest BCUT2D eigenvalue weighted by atomic mass is 10.0. The molecule has 0 amide bonds. The van der Waals surface area contributed by atoms with Crippen LogP contribution >= 0.6 is 7.82 Å². The van der Waals surface area contributed by atoms with Gasteiger partial charge in [0.1, 0.15) is 19.3 Å². The van der Waals surface area contributed by atoms with E-state index in [2.05, 4.69) is 111 Å². The van der Waals surface area contributed by atoms with Crippen molar-refractivity contribution in [2.24, 2.45) is 0 Å². The largest absolute Gasteiger partial charge is 0.756 e. The molecule has 2 unspecified atom stereocenters. The topological polar surface area (TPSA) is 94.1 Å². The van der Waals surface area contributed by atoms with E-state index >= 15 is 0 Å². The van der Waals surface area contributed by atoms with Crippen LogP contribution in [0.4, 0.5) is 0 Å². The number of quaternary nitrogens is 1. The number of rotatable bonds is 49. The summed E-state index contributed by atoms with van der Waals surface area (Å²) in [7, 11) is 1.32. The first-order chi connectivity index (χ1) is 32.6. The molecule has 0 radical (unpaired) electrons. The molecule has 0 aliphatic heterocycles. The normalized spacial score (nSPS) is 14.3. The molecule has 0 N–H and O–H groups in total. The summed E-state index contributed by atoms with van der Waals surface area (Å²) in [4.78, 5) is 25.2. The summed E-state index contributed by atoms with van der Waals surface area (Å²) in [6, 6.07) is 0. The smallest absolute Gasteiger partial charge is 0.306 e. The van der Waals surface area contributed by atoms with Gasteiger partial charge in [-0.15, -0.1) is 0 Å². The van der Waals surface area contributed by atoms with E-state index in [9.17, 15) is 14.3 Å². The van der Waals surface area contributed by atoms with Crippen LogP contribution in [0.2, 0.25) is 0 Å². The average molecular weight is 956 g/mol. The molecule has 2 atom stereocenters. The standard InChI is InChI=1S/C58H102NO7P/c1-6-8-10-12-14-16-18-20-22-24-26-28-29-30-31-32-33-35-37-39-41-43-45-47-49-51-58(60)66-57(56-65-67(61,62)64-54-52-59(3,4)5)55-63-53-50-48-46-44-42-40-38-36-34-27-25-23-21-19-17-15-13-11-9-7-2/h9,11,15,17-18,20-21,23-24,26-27,29-30,34,38,40,57H,6-8,10,12-14,16,19,22,25,28,31-33,35-37,39,41-56H2,1-5H3/b11-9-,17-15-,20-18-,23-21-,26-24-,30-29-,34-27-,40-38-. The second kappa shape index (κ2) is 49.8. The molecular formula is C58H102NO7P. The second-order valence-corrected chi connectivity index (χ2v) is 20.3. The maximum atomic E-state index is 12.8. The Labute approximate surface area is 413 Å². The number of hydrogen-bond acceptors (Lipinski definition) is 7. The van der Waals surface area contributed by atoms with Gasteiger partial charge < -0.3 is 27.9 Å². The van der Waals surface area contributed by atoms with Crippen LogP contribution in [0.25, 0.3) is 0 Å². The number of ether oxygens (including phenoxy) is 2. The van der Waals surface area contributed by atoms with Crippen LogP contribution in [0, 0.1) is 0 Å². The highest BCUT2D eigenvalue weighted by Crippen LogP contribution is 2.38. The van der Waals surface area contributed by atoms with Crippen molar-refractivity contribution in [2.45, 2.75) is 213 Å². The first-order valence-corrected chi connectivity index (χ1v) is 28.4. The second-order valence-electron chi connectivity index (χ2n) is 18.9. The van der Waals surface area contributed by atoms with Crippen LogP contribution in [0.1, 0.15) is 206 Å². The van der Waals surface area contributed by atoms with E-state index in [1.807, 2.05) is 21.1 Å². The van der Waals surface area contributed by atoms with E-state index in [0.29, 0.717) is 24.1 Å². The number of allylic oxidation sites excluding steroid dienone is 16. The van der Waals surface area contributed by atoms with Gasteiger partial charge in [-0.25, -0.2) is 0 Å². The molecule has 0 bridgehead atoms. The Morgan fingerprint density at radius 1 is 0.478 bits per heavy atom. The fourth-order valence-electron chi connectivity index (χ4n) is 6.99.